The van der Waals surface area contributed by atoms with Crippen LogP contribution in [0.5, 0.6) is 0 Å². The normalized spacial score (nSPS) is 12.6. The minimum Gasteiger partial charge on any atom is -0.465 e. The molecule has 1 N–H and O–H groups in total. The minimum absolute atomic E-state index is 0.0311. The largest absolute Gasteiger partial charge is 0.465 e. The molecule has 0 amide bonds. The lowest BCUT2D eigenvalue weighted by Gasteiger charge is -2.12. The Morgan fingerprint density at radius 1 is 1.41 bits per heavy atom. The first-order valence-electron chi connectivity index (χ1n) is 5.54. The molecule has 0 spiro atoms. The van der Waals surface area contributed by atoms with Gasteiger partial charge in [-0.25, -0.2) is 4.39 Å². The van der Waals surface area contributed by atoms with Crippen molar-refractivity contribution in [3.63, 3.8) is 0 Å². The van der Waals surface area contributed by atoms with Crippen LogP contribution < -0.4 is 5.32 Å². The van der Waals surface area contributed by atoms with Crippen LogP contribution in [0.25, 0.3) is 0 Å². The van der Waals surface area contributed by atoms with Crippen molar-refractivity contribution < 1.29 is 8.81 Å². The van der Waals surface area contributed by atoms with Gasteiger partial charge in [0.05, 0.1) is 12.7 Å². The molecule has 2 aromatic rings. The van der Waals surface area contributed by atoms with Crippen molar-refractivity contribution in [3.05, 3.63) is 53.5 Å². The van der Waals surface area contributed by atoms with Crippen LogP contribution in [0, 0.1) is 12.7 Å². The standard InChI is InChI=1S/C13H15FN2O/c1-9-3-4-13(17-9)8-16-10(2)11-5-12(14)7-15-6-11/h3-7,10,16H,8H2,1-2H3. The average molecular weight is 234 g/mol. The van der Waals surface area contributed by atoms with Crippen molar-refractivity contribution in [3.8, 4) is 0 Å². The van der Waals surface area contributed by atoms with Gasteiger partial charge in [0.25, 0.3) is 0 Å². The summed E-state index contributed by atoms with van der Waals surface area (Å²) < 4.78 is 18.4. The van der Waals surface area contributed by atoms with E-state index in [9.17, 15) is 4.39 Å². The number of hydrogen-bond donors (Lipinski definition) is 1. The van der Waals surface area contributed by atoms with E-state index in [0.717, 1.165) is 17.1 Å². The number of halogens is 1. The third kappa shape index (κ3) is 3.14. The molecule has 4 heteroatoms. The Morgan fingerprint density at radius 2 is 2.24 bits per heavy atom. The molecule has 3 nitrogen and oxygen atoms in total. The Morgan fingerprint density at radius 3 is 2.88 bits per heavy atom. The van der Waals surface area contributed by atoms with Gasteiger partial charge in [0.15, 0.2) is 0 Å². The molecule has 0 bridgehead atoms. The summed E-state index contributed by atoms with van der Waals surface area (Å²) in [6, 6.07) is 5.37. The molecule has 17 heavy (non-hydrogen) atoms. The Hall–Kier alpha value is -1.68. The monoisotopic (exact) mass is 234 g/mol. The number of furan rings is 1. The molecule has 2 aromatic heterocycles. The first-order chi connectivity index (χ1) is 8.15. The molecule has 0 aliphatic carbocycles. The van der Waals surface area contributed by atoms with E-state index in [0.29, 0.717) is 6.54 Å². The van der Waals surface area contributed by atoms with Crippen LogP contribution in [-0.4, -0.2) is 4.98 Å². The summed E-state index contributed by atoms with van der Waals surface area (Å²) in [4.78, 5) is 3.83. The Kier molecular flexibility index (Phi) is 3.54. The zero-order valence-electron chi connectivity index (χ0n) is 9.90. The summed E-state index contributed by atoms with van der Waals surface area (Å²) >= 11 is 0. The maximum absolute atomic E-state index is 13.0. The molecule has 1 unspecified atom stereocenters. The number of nitrogens with one attached hydrogen (secondary N) is 1. The Bertz CT molecular complexity index is 496. The maximum atomic E-state index is 13.0. The van der Waals surface area contributed by atoms with Gasteiger partial charge in [-0.2, -0.15) is 0 Å². The summed E-state index contributed by atoms with van der Waals surface area (Å²) in [6.45, 7) is 4.49. The summed E-state index contributed by atoms with van der Waals surface area (Å²) in [5.41, 5.74) is 0.827. The number of nitrogens with zero attached hydrogens (tertiary/aromatic N) is 1. The number of hydrogen-bond acceptors (Lipinski definition) is 3. The summed E-state index contributed by atoms with van der Waals surface area (Å²) in [7, 11) is 0. The van der Waals surface area contributed by atoms with Crippen molar-refractivity contribution in [2.75, 3.05) is 0 Å². The molecule has 2 rings (SSSR count). The van der Waals surface area contributed by atoms with Crippen molar-refractivity contribution in [2.45, 2.75) is 26.4 Å². The predicted octanol–water partition coefficient (Wildman–Crippen LogP) is 2.97. The molecular weight excluding hydrogens is 219 g/mol. The van der Waals surface area contributed by atoms with E-state index in [-0.39, 0.29) is 11.9 Å². The molecule has 90 valence electrons. The summed E-state index contributed by atoms with van der Waals surface area (Å²) in [5.74, 6) is 1.45. The van der Waals surface area contributed by atoms with E-state index >= 15 is 0 Å². The van der Waals surface area contributed by atoms with E-state index in [1.807, 2.05) is 26.0 Å². The number of pyridine rings is 1. The smallest absolute Gasteiger partial charge is 0.141 e. The molecule has 0 fully saturated rings. The van der Waals surface area contributed by atoms with E-state index < -0.39 is 0 Å². The zero-order chi connectivity index (χ0) is 12.3. The summed E-state index contributed by atoms with van der Waals surface area (Å²) in [6.07, 6.45) is 2.86. The lowest BCUT2D eigenvalue weighted by Crippen LogP contribution is -2.18. The van der Waals surface area contributed by atoms with Crippen LogP contribution in [0.3, 0.4) is 0 Å². The van der Waals surface area contributed by atoms with E-state index in [1.165, 1.54) is 12.3 Å². The van der Waals surface area contributed by atoms with Gasteiger partial charge in [0.1, 0.15) is 17.3 Å². The third-order valence-electron chi connectivity index (χ3n) is 2.60. The first kappa shape index (κ1) is 11.8. The number of aromatic nitrogens is 1. The van der Waals surface area contributed by atoms with Gasteiger partial charge in [0.2, 0.25) is 0 Å². The highest BCUT2D eigenvalue weighted by Gasteiger charge is 2.07. The van der Waals surface area contributed by atoms with Crippen molar-refractivity contribution in [1.29, 1.82) is 0 Å². The van der Waals surface area contributed by atoms with Crippen molar-refractivity contribution in [1.82, 2.24) is 10.3 Å². The lowest BCUT2D eigenvalue weighted by molar-refractivity contribution is 0.443. The fourth-order valence-electron chi connectivity index (χ4n) is 1.62. The summed E-state index contributed by atoms with van der Waals surface area (Å²) in [5, 5.41) is 3.26. The zero-order valence-corrected chi connectivity index (χ0v) is 9.90. The Balaban J connectivity index is 1.95. The highest BCUT2D eigenvalue weighted by atomic mass is 19.1. The van der Waals surface area contributed by atoms with Crippen LogP contribution in [0.4, 0.5) is 4.39 Å². The van der Waals surface area contributed by atoms with Crippen LogP contribution in [-0.2, 0) is 6.54 Å². The third-order valence-corrected chi connectivity index (χ3v) is 2.60. The van der Waals surface area contributed by atoms with Gasteiger partial charge in [-0.3, -0.25) is 4.98 Å². The number of rotatable bonds is 4. The van der Waals surface area contributed by atoms with Crippen LogP contribution in [0.1, 0.15) is 30.0 Å². The van der Waals surface area contributed by atoms with Crippen molar-refractivity contribution >= 4 is 0 Å². The van der Waals surface area contributed by atoms with Gasteiger partial charge in [0, 0.05) is 12.2 Å². The molecule has 0 aliphatic rings. The minimum atomic E-state index is -0.315. The highest BCUT2D eigenvalue weighted by molar-refractivity contribution is 5.14. The fourth-order valence-corrected chi connectivity index (χ4v) is 1.62. The average Bonchev–Trinajstić information content (AvgIpc) is 2.72. The lowest BCUT2D eigenvalue weighted by atomic mass is 10.1. The Labute approximate surface area is 99.7 Å². The second kappa shape index (κ2) is 5.10. The van der Waals surface area contributed by atoms with E-state index in [4.69, 9.17) is 4.42 Å². The van der Waals surface area contributed by atoms with Crippen LogP contribution in [0.2, 0.25) is 0 Å². The molecular formula is C13H15FN2O. The molecule has 0 saturated carbocycles. The SMILES string of the molecule is Cc1ccc(CNC(C)c2cncc(F)c2)o1. The van der Waals surface area contributed by atoms with Crippen LogP contribution in [0.15, 0.2) is 35.0 Å². The number of aryl methyl sites for hydroxylation is 1. The van der Waals surface area contributed by atoms with Gasteiger partial charge >= 0.3 is 0 Å². The van der Waals surface area contributed by atoms with E-state index in [2.05, 4.69) is 10.3 Å². The quantitative estimate of drug-likeness (QED) is 0.883. The van der Waals surface area contributed by atoms with Gasteiger partial charge in [-0.05, 0) is 37.6 Å². The predicted molar refractivity (Wildman–Crippen MR) is 62.9 cm³/mol. The molecule has 1 atom stereocenters. The maximum Gasteiger partial charge on any atom is 0.141 e. The first-order valence-corrected chi connectivity index (χ1v) is 5.54. The van der Waals surface area contributed by atoms with Gasteiger partial charge < -0.3 is 9.73 Å². The van der Waals surface area contributed by atoms with E-state index in [1.54, 1.807) is 6.20 Å². The highest BCUT2D eigenvalue weighted by Crippen LogP contribution is 2.13. The molecule has 0 aliphatic heterocycles. The van der Waals surface area contributed by atoms with Gasteiger partial charge in [-0.1, -0.05) is 0 Å². The molecule has 0 saturated heterocycles. The van der Waals surface area contributed by atoms with Crippen LogP contribution >= 0.6 is 0 Å². The second-order valence-electron chi connectivity index (χ2n) is 4.05. The molecule has 0 aromatic carbocycles. The molecule has 0 radical (unpaired) electrons. The molecule has 2 heterocycles. The van der Waals surface area contributed by atoms with Crippen molar-refractivity contribution in [2.24, 2.45) is 0 Å². The topological polar surface area (TPSA) is 38.1 Å². The second-order valence-corrected chi connectivity index (χ2v) is 4.05. The van der Waals surface area contributed by atoms with Gasteiger partial charge in [-0.15, -0.1) is 0 Å². The fraction of sp³-hybridized carbons (Fsp3) is 0.308.